The summed E-state index contributed by atoms with van der Waals surface area (Å²) in [5, 5.41) is 0.445. The van der Waals surface area contributed by atoms with Crippen molar-refractivity contribution in [3.8, 4) is 5.75 Å². The number of nitrogens with one attached hydrogen (secondary N) is 2. The van der Waals surface area contributed by atoms with Crippen molar-refractivity contribution in [1.82, 2.24) is 10.9 Å². The summed E-state index contributed by atoms with van der Waals surface area (Å²) in [7, 11) is 0. The molecule has 1 unspecified atom stereocenters. The Morgan fingerprint density at radius 3 is 2.50 bits per heavy atom. The summed E-state index contributed by atoms with van der Waals surface area (Å²) >= 11 is 5.83. The first-order valence-corrected chi connectivity index (χ1v) is 7.85. The minimum Gasteiger partial charge on any atom is -0.481 e. The van der Waals surface area contributed by atoms with Gasteiger partial charge in [0.2, 0.25) is 0 Å². The average Bonchev–Trinajstić information content (AvgIpc) is 2.56. The lowest BCUT2D eigenvalue weighted by atomic mass is 10.1. The van der Waals surface area contributed by atoms with Gasteiger partial charge in [-0.15, -0.1) is 0 Å². The fourth-order valence-corrected chi connectivity index (χ4v) is 2.21. The Morgan fingerprint density at radius 1 is 1.08 bits per heavy atom. The van der Waals surface area contributed by atoms with Gasteiger partial charge in [0.1, 0.15) is 5.75 Å². The number of rotatable bonds is 4. The summed E-state index contributed by atoms with van der Waals surface area (Å²) in [6, 6.07) is 12.1. The zero-order valence-electron chi connectivity index (χ0n) is 13.7. The number of amides is 2. The van der Waals surface area contributed by atoms with E-state index in [9.17, 15) is 9.59 Å². The van der Waals surface area contributed by atoms with E-state index in [1.807, 2.05) is 26.0 Å². The van der Waals surface area contributed by atoms with Crippen LogP contribution in [0.1, 0.15) is 28.4 Å². The topological polar surface area (TPSA) is 67.4 Å². The molecule has 0 heterocycles. The third-order valence-electron chi connectivity index (χ3n) is 3.61. The molecule has 0 aromatic heterocycles. The normalized spacial score (nSPS) is 11.5. The minimum atomic E-state index is -0.759. The van der Waals surface area contributed by atoms with E-state index in [4.69, 9.17) is 16.3 Å². The van der Waals surface area contributed by atoms with Crippen molar-refractivity contribution >= 4 is 23.4 Å². The Hall–Kier alpha value is -2.53. The molecule has 0 fully saturated rings. The van der Waals surface area contributed by atoms with Crippen LogP contribution in [0.25, 0.3) is 0 Å². The van der Waals surface area contributed by atoms with Crippen LogP contribution < -0.4 is 15.6 Å². The standard InChI is InChI=1S/C18H19ClN2O3/c1-11-6-4-9-16(12(11)2)24-13(3)17(22)20-21-18(23)14-7-5-8-15(19)10-14/h4-10,13H,1-3H3,(H,20,22)(H,21,23). The number of ether oxygens (including phenoxy) is 1. The predicted octanol–water partition coefficient (Wildman–Crippen LogP) is 3.19. The molecule has 0 aliphatic rings. The van der Waals surface area contributed by atoms with E-state index in [1.165, 1.54) is 6.07 Å². The zero-order chi connectivity index (χ0) is 17.7. The number of benzene rings is 2. The Bertz CT molecular complexity index is 762. The molecule has 0 saturated heterocycles. The summed E-state index contributed by atoms with van der Waals surface area (Å²) in [6.45, 7) is 5.51. The maximum atomic E-state index is 12.1. The molecule has 6 heteroatoms. The van der Waals surface area contributed by atoms with E-state index < -0.39 is 17.9 Å². The number of hydrogen-bond acceptors (Lipinski definition) is 3. The first-order chi connectivity index (χ1) is 11.4. The molecule has 2 N–H and O–H groups in total. The highest BCUT2D eigenvalue weighted by atomic mass is 35.5. The van der Waals surface area contributed by atoms with Crippen LogP contribution in [0.2, 0.25) is 5.02 Å². The van der Waals surface area contributed by atoms with Gasteiger partial charge in [0.15, 0.2) is 6.10 Å². The lowest BCUT2D eigenvalue weighted by molar-refractivity contribution is -0.128. The Balaban J connectivity index is 1.92. The number of carbonyl (C=O) groups is 2. The molecule has 0 aliphatic carbocycles. The van der Waals surface area contributed by atoms with Gasteiger partial charge in [-0.1, -0.05) is 29.8 Å². The van der Waals surface area contributed by atoms with Crippen molar-refractivity contribution in [2.75, 3.05) is 0 Å². The van der Waals surface area contributed by atoms with Gasteiger partial charge in [0.05, 0.1) is 0 Å². The first-order valence-electron chi connectivity index (χ1n) is 7.47. The van der Waals surface area contributed by atoms with Crippen LogP contribution in [0.15, 0.2) is 42.5 Å². The van der Waals surface area contributed by atoms with Crippen LogP contribution in [-0.2, 0) is 4.79 Å². The molecule has 0 spiro atoms. The molecule has 126 valence electrons. The van der Waals surface area contributed by atoms with E-state index in [0.717, 1.165) is 11.1 Å². The van der Waals surface area contributed by atoms with Crippen LogP contribution >= 0.6 is 11.6 Å². The summed E-state index contributed by atoms with van der Waals surface area (Å²) in [5.74, 6) is -0.269. The summed E-state index contributed by atoms with van der Waals surface area (Å²) < 4.78 is 5.66. The molecule has 5 nitrogen and oxygen atoms in total. The summed E-state index contributed by atoms with van der Waals surface area (Å²) in [5.41, 5.74) is 7.09. The average molecular weight is 347 g/mol. The second kappa shape index (κ2) is 7.84. The highest BCUT2D eigenvalue weighted by Gasteiger charge is 2.17. The van der Waals surface area contributed by atoms with Crippen molar-refractivity contribution in [2.45, 2.75) is 26.9 Å². The van der Waals surface area contributed by atoms with Gasteiger partial charge >= 0.3 is 0 Å². The van der Waals surface area contributed by atoms with Gasteiger partial charge in [-0.2, -0.15) is 0 Å². The van der Waals surface area contributed by atoms with Crippen LogP contribution in [-0.4, -0.2) is 17.9 Å². The van der Waals surface area contributed by atoms with Crippen molar-refractivity contribution in [1.29, 1.82) is 0 Å². The predicted molar refractivity (Wildman–Crippen MR) is 93.1 cm³/mol. The van der Waals surface area contributed by atoms with Crippen molar-refractivity contribution < 1.29 is 14.3 Å². The number of hydrogen-bond donors (Lipinski definition) is 2. The molecule has 0 bridgehead atoms. The van der Waals surface area contributed by atoms with Gasteiger partial charge in [0, 0.05) is 10.6 Å². The minimum absolute atomic E-state index is 0.353. The van der Waals surface area contributed by atoms with E-state index >= 15 is 0 Å². The molecule has 2 rings (SSSR count). The molecular weight excluding hydrogens is 328 g/mol. The molecule has 2 amide bonds. The molecule has 0 saturated carbocycles. The van der Waals surface area contributed by atoms with Gasteiger partial charge in [-0.25, -0.2) is 0 Å². The SMILES string of the molecule is Cc1cccc(OC(C)C(=O)NNC(=O)c2cccc(Cl)c2)c1C. The molecule has 2 aromatic rings. The Morgan fingerprint density at radius 2 is 1.79 bits per heavy atom. The van der Waals surface area contributed by atoms with Gasteiger partial charge < -0.3 is 4.74 Å². The first kappa shape index (κ1) is 17.8. The van der Waals surface area contributed by atoms with E-state index in [0.29, 0.717) is 16.3 Å². The van der Waals surface area contributed by atoms with Gasteiger partial charge in [-0.05, 0) is 56.2 Å². The highest BCUT2D eigenvalue weighted by Crippen LogP contribution is 2.21. The largest absolute Gasteiger partial charge is 0.481 e. The lowest BCUT2D eigenvalue weighted by Gasteiger charge is -2.17. The summed E-state index contributed by atoms with van der Waals surface area (Å²) in [6.07, 6.45) is -0.759. The number of aryl methyl sites for hydroxylation is 1. The number of carbonyl (C=O) groups excluding carboxylic acids is 2. The number of halogens is 1. The fraction of sp³-hybridized carbons (Fsp3) is 0.222. The second-order valence-electron chi connectivity index (χ2n) is 5.41. The number of hydrazine groups is 1. The zero-order valence-corrected chi connectivity index (χ0v) is 14.5. The molecule has 0 aliphatic heterocycles. The monoisotopic (exact) mass is 346 g/mol. The van der Waals surface area contributed by atoms with Crippen molar-refractivity contribution in [3.63, 3.8) is 0 Å². The third-order valence-corrected chi connectivity index (χ3v) is 3.85. The van der Waals surface area contributed by atoms with Crippen molar-refractivity contribution in [2.24, 2.45) is 0 Å². The van der Waals surface area contributed by atoms with Crippen LogP contribution in [0.3, 0.4) is 0 Å². The maximum Gasteiger partial charge on any atom is 0.279 e. The molecule has 1 atom stereocenters. The van der Waals surface area contributed by atoms with Gasteiger partial charge in [0.25, 0.3) is 11.8 Å². The second-order valence-corrected chi connectivity index (χ2v) is 5.85. The molecule has 0 radical (unpaired) electrons. The smallest absolute Gasteiger partial charge is 0.279 e. The lowest BCUT2D eigenvalue weighted by Crippen LogP contribution is -2.47. The van der Waals surface area contributed by atoms with Crippen molar-refractivity contribution in [3.05, 3.63) is 64.2 Å². The van der Waals surface area contributed by atoms with E-state index in [-0.39, 0.29) is 0 Å². The third kappa shape index (κ3) is 4.49. The molecule has 2 aromatic carbocycles. The maximum absolute atomic E-state index is 12.1. The molecular formula is C18H19ClN2O3. The van der Waals surface area contributed by atoms with E-state index in [1.54, 1.807) is 31.2 Å². The van der Waals surface area contributed by atoms with Gasteiger partial charge in [-0.3, -0.25) is 20.4 Å². The highest BCUT2D eigenvalue weighted by molar-refractivity contribution is 6.30. The van der Waals surface area contributed by atoms with Crippen LogP contribution in [0.5, 0.6) is 5.75 Å². The molecule has 24 heavy (non-hydrogen) atoms. The fourth-order valence-electron chi connectivity index (χ4n) is 2.02. The summed E-state index contributed by atoms with van der Waals surface area (Å²) in [4.78, 5) is 24.0. The van der Waals surface area contributed by atoms with E-state index in [2.05, 4.69) is 10.9 Å². The quantitative estimate of drug-likeness (QED) is 0.835. The Kier molecular flexibility index (Phi) is 5.82. The van der Waals surface area contributed by atoms with Crippen LogP contribution in [0, 0.1) is 13.8 Å². The van der Waals surface area contributed by atoms with Crippen LogP contribution in [0.4, 0.5) is 0 Å². The Labute approximate surface area is 145 Å².